The lowest BCUT2D eigenvalue weighted by molar-refractivity contribution is 0.363. The maximum Gasteiger partial charge on any atom is 0.257 e. The van der Waals surface area contributed by atoms with Crippen molar-refractivity contribution in [2.45, 2.75) is 30.3 Å². The molecule has 2 N–H and O–H groups in total. The maximum absolute atomic E-state index is 12.0. The fraction of sp³-hybridized carbons (Fsp3) is 0.600. The van der Waals surface area contributed by atoms with Crippen LogP contribution in [0.4, 0.5) is 0 Å². The smallest absolute Gasteiger partial charge is 0.257 e. The average Bonchev–Trinajstić information content (AvgIpc) is 2.97. The molecule has 8 heteroatoms. The number of hydrogen-bond acceptors (Lipinski definition) is 5. The molecule has 1 saturated carbocycles. The molecule has 1 fully saturated rings. The molecule has 6 nitrogen and oxygen atoms in total. The van der Waals surface area contributed by atoms with Crippen molar-refractivity contribution in [1.29, 1.82) is 0 Å². The van der Waals surface area contributed by atoms with Crippen LogP contribution in [0.15, 0.2) is 20.0 Å². The van der Waals surface area contributed by atoms with Crippen molar-refractivity contribution in [1.82, 2.24) is 15.2 Å². The first-order valence-corrected chi connectivity index (χ1v) is 7.87. The fourth-order valence-electron chi connectivity index (χ4n) is 1.49. The van der Waals surface area contributed by atoms with Gasteiger partial charge in [-0.1, -0.05) is 0 Å². The second-order valence-electron chi connectivity index (χ2n) is 4.49. The first kappa shape index (κ1) is 14.0. The van der Waals surface area contributed by atoms with Gasteiger partial charge < -0.3 is 9.73 Å². The lowest BCUT2D eigenvalue weighted by atomic mass is 10.4. The molecule has 0 atom stereocenters. The van der Waals surface area contributed by atoms with E-state index in [0.29, 0.717) is 18.3 Å². The monoisotopic (exact) mass is 337 g/mol. The summed E-state index contributed by atoms with van der Waals surface area (Å²) < 4.78 is 29.5. The van der Waals surface area contributed by atoms with Gasteiger partial charge in [-0.25, -0.2) is 13.4 Å². The van der Waals surface area contributed by atoms with Crippen LogP contribution in [0.1, 0.15) is 18.6 Å². The summed E-state index contributed by atoms with van der Waals surface area (Å²) in [5.41, 5.74) is 0. The average molecular weight is 338 g/mol. The molecule has 102 valence electrons. The van der Waals surface area contributed by atoms with Gasteiger partial charge in [0.15, 0.2) is 4.67 Å². The Kier molecular flexibility index (Phi) is 4.12. The highest BCUT2D eigenvalue weighted by Crippen LogP contribution is 2.27. The van der Waals surface area contributed by atoms with Crippen molar-refractivity contribution in [2.24, 2.45) is 0 Å². The molecule has 1 aliphatic rings. The molecule has 0 radical (unpaired) electrons. The zero-order valence-electron chi connectivity index (χ0n) is 10.2. The fourth-order valence-corrected chi connectivity index (χ4v) is 3.57. The van der Waals surface area contributed by atoms with Crippen LogP contribution in [-0.2, 0) is 16.6 Å². The quantitative estimate of drug-likeness (QED) is 0.759. The van der Waals surface area contributed by atoms with E-state index in [4.69, 9.17) is 4.42 Å². The zero-order valence-corrected chi connectivity index (χ0v) is 12.6. The molecular formula is C10H16BrN3O3S. The normalized spacial score (nSPS) is 16.4. The first-order chi connectivity index (χ1) is 8.38. The van der Waals surface area contributed by atoms with Gasteiger partial charge in [-0.15, -0.1) is 4.83 Å². The van der Waals surface area contributed by atoms with Crippen LogP contribution in [0, 0.1) is 0 Å². The van der Waals surface area contributed by atoms with Crippen LogP contribution in [0.5, 0.6) is 0 Å². The van der Waals surface area contributed by atoms with Crippen molar-refractivity contribution < 1.29 is 12.8 Å². The molecule has 1 heterocycles. The van der Waals surface area contributed by atoms with Gasteiger partial charge in [0.2, 0.25) is 0 Å². The van der Waals surface area contributed by atoms with E-state index in [1.165, 1.54) is 23.9 Å². The largest absolute Gasteiger partial charge is 0.452 e. The van der Waals surface area contributed by atoms with E-state index in [0.717, 1.165) is 0 Å². The Balaban J connectivity index is 2.12. The van der Waals surface area contributed by atoms with Gasteiger partial charge in [0, 0.05) is 26.2 Å². The molecule has 0 spiro atoms. The first-order valence-electron chi connectivity index (χ1n) is 5.60. The second kappa shape index (κ2) is 5.30. The van der Waals surface area contributed by atoms with E-state index in [-0.39, 0.29) is 9.56 Å². The summed E-state index contributed by atoms with van der Waals surface area (Å²) in [6, 6.07) is 2.08. The lowest BCUT2D eigenvalue weighted by Gasteiger charge is -2.10. The predicted octanol–water partition coefficient (Wildman–Crippen LogP) is 1.05. The number of nitrogens with zero attached hydrogens (tertiary/aromatic N) is 1. The van der Waals surface area contributed by atoms with Crippen molar-refractivity contribution in [2.75, 3.05) is 14.1 Å². The van der Waals surface area contributed by atoms with Gasteiger partial charge in [0.25, 0.3) is 10.0 Å². The van der Waals surface area contributed by atoms with E-state index in [1.807, 2.05) is 0 Å². The summed E-state index contributed by atoms with van der Waals surface area (Å²) in [7, 11) is -0.360. The third kappa shape index (κ3) is 3.55. The molecule has 0 aromatic carbocycles. The van der Waals surface area contributed by atoms with Crippen LogP contribution in [0.2, 0.25) is 0 Å². The summed E-state index contributed by atoms with van der Waals surface area (Å²) in [5, 5.41) is 4.64. The highest BCUT2D eigenvalue weighted by molar-refractivity contribution is 9.10. The van der Waals surface area contributed by atoms with Crippen molar-refractivity contribution in [3.8, 4) is 0 Å². The van der Waals surface area contributed by atoms with E-state index < -0.39 is 10.0 Å². The van der Waals surface area contributed by atoms with Gasteiger partial charge in [-0.05, 0) is 28.8 Å². The van der Waals surface area contributed by atoms with Crippen LogP contribution in [0.25, 0.3) is 0 Å². The van der Waals surface area contributed by atoms with Crippen molar-refractivity contribution in [3.05, 3.63) is 16.5 Å². The minimum atomic E-state index is -3.58. The summed E-state index contributed by atoms with van der Waals surface area (Å²) >= 11 is 3.13. The molecule has 0 amide bonds. The van der Waals surface area contributed by atoms with Crippen LogP contribution >= 0.6 is 15.9 Å². The number of sulfonamides is 1. The van der Waals surface area contributed by atoms with Gasteiger partial charge in [0.05, 0.1) is 6.54 Å². The Morgan fingerprint density at radius 1 is 1.50 bits per heavy atom. The Labute approximate surface area is 115 Å². The number of nitrogens with one attached hydrogen (secondary N) is 2. The Hall–Kier alpha value is -0.410. The van der Waals surface area contributed by atoms with E-state index in [2.05, 4.69) is 26.1 Å². The van der Waals surface area contributed by atoms with Gasteiger partial charge >= 0.3 is 0 Å². The molecule has 0 bridgehead atoms. The molecule has 1 aromatic heterocycles. The molecule has 18 heavy (non-hydrogen) atoms. The Bertz CT molecular complexity index is 522. The Morgan fingerprint density at radius 3 is 2.72 bits per heavy atom. The van der Waals surface area contributed by atoms with Gasteiger partial charge in [-0.2, -0.15) is 0 Å². The maximum atomic E-state index is 12.0. The van der Waals surface area contributed by atoms with Crippen molar-refractivity contribution in [3.63, 3.8) is 0 Å². The van der Waals surface area contributed by atoms with Crippen LogP contribution in [-0.4, -0.2) is 33.6 Å². The molecule has 0 unspecified atom stereocenters. The topological polar surface area (TPSA) is 74.6 Å². The Morgan fingerprint density at radius 2 is 2.17 bits per heavy atom. The number of hydrogen-bond donors (Lipinski definition) is 2. The SMILES string of the molecule is CN(C)NS(=O)(=O)c1cc(CNC2CC2)oc1Br. The van der Waals surface area contributed by atoms with E-state index in [9.17, 15) is 8.42 Å². The zero-order chi connectivity index (χ0) is 13.3. The molecule has 1 aliphatic carbocycles. The minimum Gasteiger partial charge on any atom is -0.452 e. The van der Waals surface area contributed by atoms with E-state index >= 15 is 0 Å². The third-order valence-corrected chi connectivity index (χ3v) is 4.78. The van der Waals surface area contributed by atoms with Crippen molar-refractivity contribution >= 4 is 26.0 Å². The number of rotatable bonds is 6. The lowest BCUT2D eigenvalue weighted by Crippen LogP contribution is -2.36. The molecule has 0 saturated heterocycles. The summed E-state index contributed by atoms with van der Waals surface area (Å²) in [6.45, 7) is 0.542. The number of furan rings is 1. The number of halogens is 1. The van der Waals surface area contributed by atoms with Crippen LogP contribution in [0.3, 0.4) is 0 Å². The molecular weight excluding hydrogens is 322 g/mol. The summed E-state index contributed by atoms with van der Waals surface area (Å²) in [6.07, 6.45) is 2.35. The van der Waals surface area contributed by atoms with Gasteiger partial charge in [-0.3, -0.25) is 0 Å². The van der Waals surface area contributed by atoms with E-state index in [1.54, 1.807) is 14.1 Å². The minimum absolute atomic E-state index is 0.115. The summed E-state index contributed by atoms with van der Waals surface area (Å²) in [5.74, 6) is 0.605. The molecule has 2 rings (SSSR count). The highest BCUT2D eigenvalue weighted by atomic mass is 79.9. The second-order valence-corrected chi connectivity index (χ2v) is 6.84. The summed E-state index contributed by atoms with van der Waals surface area (Å²) in [4.78, 5) is 2.48. The standard InChI is InChI=1S/C10H16BrN3O3S/c1-14(2)13-18(15,16)9-5-8(17-10(9)11)6-12-7-3-4-7/h5,7,12-13H,3-4,6H2,1-2H3. The molecule has 0 aliphatic heterocycles. The van der Waals surface area contributed by atoms with Crippen LogP contribution < -0.4 is 10.1 Å². The number of hydrazine groups is 1. The molecule has 1 aromatic rings. The van der Waals surface area contributed by atoms with Gasteiger partial charge in [0.1, 0.15) is 10.7 Å². The third-order valence-electron chi connectivity index (χ3n) is 2.44. The predicted molar refractivity (Wildman–Crippen MR) is 70.3 cm³/mol. The highest BCUT2D eigenvalue weighted by Gasteiger charge is 2.25.